The minimum Gasteiger partial charge on any atom is -0.350 e. The first-order valence-electron chi connectivity index (χ1n) is 19.5. The number of fused-ring (bicyclic) bond motifs is 3. The van der Waals surface area contributed by atoms with Gasteiger partial charge in [0, 0.05) is 36.0 Å². The van der Waals surface area contributed by atoms with E-state index in [1.807, 2.05) is 13.0 Å². The van der Waals surface area contributed by atoms with Crippen LogP contribution in [0.3, 0.4) is 0 Å². The quantitative estimate of drug-likeness (QED) is 0.258. The van der Waals surface area contributed by atoms with Crippen LogP contribution in [0.1, 0.15) is 162 Å². The van der Waals surface area contributed by atoms with E-state index in [1.165, 1.54) is 89.5 Å². The van der Waals surface area contributed by atoms with E-state index in [4.69, 9.17) is 0 Å². The number of aromatic nitrogens is 1. The first-order valence-corrected chi connectivity index (χ1v) is 19.5. The molecule has 8 rings (SSSR count). The Morgan fingerprint density at radius 1 is 0.708 bits per heavy atom. The Balaban J connectivity index is 0.000000165. The summed E-state index contributed by atoms with van der Waals surface area (Å²) in [7, 11) is 0. The Morgan fingerprint density at radius 3 is 1.50 bits per heavy atom. The number of ketones is 1. The number of Topliss-reactive ketones (excluding diaryl/α,β-unsaturated/α-hetero) is 1. The number of hydrogen-bond donors (Lipinski definition) is 2. The highest BCUT2D eigenvalue weighted by molar-refractivity contribution is 5.92. The van der Waals surface area contributed by atoms with Gasteiger partial charge in [0.2, 0.25) is 11.8 Å². The molecule has 6 bridgehead atoms. The summed E-state index contributed by atoms with van der Waals surface area (Å²) in [4.78, 5) is 39.6. The molecular formula is C42H69N3O3. The normalized spacial score (nSPS) is 32.6. The Kier molecular flexibility index (Phi) is 12.7. The Labute approximate surface area is 293 Å². The van der Waals surface area contributed by atoms with Crippen molar-refractivity contribution in [2.45, 2.75) is 164 Å². The van der Waals surface area contributed by atoms with Crippen LogP contribution in [0.4, 0.5) is 0 Å². The number of rotatable bonds is 9. The molecule has 7 aliphatic carbocycles. The van der Waals surface area contributed by atoms with Crippen molar-refractivity contribution >= 4 is 17.6 Å². The summed E-state index contributed by atoms with van der Waals surface area (Å²) in [6.07, 6.45) is 18.4. The molecule has 2 N–H and O–H groups in total. The highest BCUT2D eigenvalue weighted by Gasteiger charge is 2.52. The van der Waals surface area contributed by atoms with Crippen LogP contribution in [0, 0.1) is 52.8 Å². The number of nitrogens with zero attached hydrogens (tertiary/aromatic N) is 1. The third-order valence-corrected chi connectivity index (χ3v) is 13.1. The Morgan fingerprint density at radius 2 is 1.15 bits per heavy atom. The van der Waals surface area contributed by atoms with Crippen molar-refractivity contribution in [1.29, 1.82) is 0 Å². The van der Waals surface area contributed by atoms with Crippen LogP contribution in [-0.4, -0.2) is 33.7 Å². The average molecular weight is 664 g/mol. The van der Waals surface area contributed by atoms with Gasteiger partial charge in [-0.3, -0.25) is 19.4 Å². The zero-order chi connectivity index (χ0) is 35.4. The highest BCUT2D eigenvalue weighted by Crippen LogP contribution is 2.56. The lowest BCUT2D eigenvalue weighted by Gasteiger charge is -2.57. The minimum atomic E-state index is 0.0242. The van der Waals surface area contributed by atoms with E-state index in [9.17, 15) is 14.4 Å². The van der Waals surface area contributed by atoms with Crippen molar-refractivity contribution in [3.05, 3.63) is 29.6 Å². The fraction of sp³-hybridized carbons (Fsp3) is 0.810. The number of pyridine rings is 1. The molecule has 1 aromatic rings. The molecule has 2 amide bonds. The Bertz CT molecular complexity index is 1190. The molecular weight excluding hydrogens is 594 g/mol. The molecule has 2 atom stereocenters. The van der Waals surface area contributed by atoms with Gasteiger partial charge >= 0.3 is 0 Å². The van der Waals surface area contributed by atoms with Crippen LogP contribution in [0.2, 0.25) is 0 Å². The van der Waals surface area contributed by atoms with Crippen molar-refractivity contribution < 1.29 is 14.4 Å². The van der Waals surface area contributed by atoms with E-state index in [-0.39, 0.29) is 34.6 Å². The topological polar surface area (TPSA) is 88.2 Å². The number of hydrogen-bond acceptors (Lipinski definition) is 4. The number of amides is 2. The summed E-state index contributed by atoms with van der Waals surface area (Å²) in [5.74, 6) is 5.11. The van der Waals surface area contributed by atoms with Gasteiger partial charge in [-0.05, 0) is 136 Å². The maximum Gasteiger partial charge on any atom is 0.223 e. The predicted molar refractivity (Wildman–Crippen MR) is 197 cm³/mol. The van der Waals surface area contributed by atoms with E-state index < -0.39 is 0 Å². The van der Waals surface area contributed by atoms with Crippen LogP contribution in [0.5, 0.6) is 0 Å². The molecule has 48 heavy (non-hydrogen) atoms. The maximum absolute atomic E-state index is 12.4. The van der Waals surface area contributed by atoms with E-state index in [2.05, 4.69) is 71.0 Å². The molecule has 0 unspecified atom stereocenters. The van der Waals surface area contributed by atoms with E-state index in [0.717, 1.165) is 24.2 Å². The van der Waals surface area contributed by atoms with Crippen LogP contribution in [0.25, 0.3) is 0 Å². The number of carbonyl (C=O) groups excluding carboxylic acids is 3. The molecule has 270 valence electrons. The molecule has 0 aliphatic heterocycles. The van der Waals surface area contributed by atoms with Crippen molar-refractivity contribution in [2.75, 3.05) is 0 Å². The Hall–Kier alpha value is -2.24. The van der Waals surface area contributed by atoms with E-state index >= 15 is 0 Å². The smallest absolute Gasteiger partial charge is 0.223 e. The van der Waals surface area contributed by atoms with Crippen molar-refractivity contribution in [2.24, 2.45) is 52.8 Å². The summed E-state index contributed by atoms with van der Waals surface area (Å²) in [6.45, 7) is 20.9. The number of carbonyl (C=O) groups is 3. The monoisotopic (exact) mass is 664 g/mol. The molecule has 0 radical (unpaired) electrons. The van der Waals surface area contributed by atoms with Crippen LogP contribution in [0.15, 0.2) is 18.3 Å². The van der Waals surface area contributed by atoms with Gasteiger partial charge in [-0.1, -0.05) is 68.4 Å². The van der Waals surface area contributed by atoms with Gasteiger partial charge in [0.05, 0.1) is 0 Å². The maximum atomic E-state index is 12.4. The molecule has 6 heteroatoms. The van der Waals surface area contributed by atoms with E-state index in [1.54, 1.807) is 12.3 Å². The lowest BCUT2D eigenvalue weighted by Crippen LogP contribution is -2.60. The van der Waals surface area contributed by atoms with Gasteiger partial charge < -0.3 is 10.6 Å². The van der Waals surface area contributed by atoms with Crippen LogP contribution < -0.4 is 10.6 Å². The van der Waals surface area contributed by atoms with Crippen LogP contribution >= 0.6 is 0 Å². The predicted octanol–water partition coefficient (Wildman–Crippen LogP) is 9.35. The van der Waals surface area contributed by atoms with Gasteiger partial charge in [-0.15, -0.1) is 0 Å². The third kappa shape index (κ3) is 9.93. The summed E-state index contributed by atoms with van der Waals surface area (Å²) >= 11 is 0. The molecule has 7 saturated carbocycles. The average Bonchev–Trinajstić information content (AvgIpc) is 3.00. The first kappa shape index (κ1) is 38.6. The van der Waals surface area contributed by atoms with Gasteiger partial charge in [-0.25, -0.2) is 0 Å². The fourth-order valence-corrected chi connectivity index (χ4v) is 9.41. The van der Waals surface area contributed by atoms with Crippen LogP contribution in [-0.2, 0) is 16.0 Å². The van der Waals surface area contributed by atoms with Crippen molar-refractivity contribution in [3.63, 3.8) is 0 Å². The van der Waals surface area contributed by atoms with Crippen molar-refractivity contribution in [3.8, 4) is 0 Å². The molecule has 1 heterocycles. The second-order valence-corrected chi connectivity index (χ2v) is 18.5. The van der Waals surface area contributed by atoms with E-state index in [0.29, 0.717) is 34.8 Å². The summed E-state index contributed by atoms with van der Waals surface area (Å²) in [5, 5.41) is 6.85. The second-order valence-electron chi connectivity index (χ2n) is 18.5. The zero-order valence-electron chi connectivity index (χ0n) is 32.2. The molecule has 7 aliphatic rings. The standard InChI is InChI=1S/C16H27NO.C15H27NO.C11H15NO/c1-10(2)11(3)15(18)17-16-7-12-4-13(8-16)6-14(5-12)9-16;1-11(2)12(3)13(17)16-15-8-5-14(4,6-9-15)7-10-15;1-8(2)6-10-4-5-11(9(3)13)12-7-10/h10-14H,4-9H2,1-3H3,(H,17,18);11-12H,5-10H2,1-4H3,(H,16,17);4-5,7-8H,6H2,1-3H3/t11-,12?,13?,14?,16?;12-,14?,15?;/m11./s1. The summed E-state index contributed by atoms with van der Waals surface area (Å²) in [5.41, 5.74) is 2.66. The molecule has 7 fully saturated rings. The minimum absolute atomic E-state index is 0.0242. The van der Waals surface area contributed by atoms with Gasteiger partial charge in [-0.2, -0.15) is 0 Å². The fourth-order valence-electron chi connectivity index (χ4n) is 9.41. The number of nitrogens with one attached hydrogen (secondary N) is 2. The highest BCUT2D eigenvalue weighted by atomic mass is 16.2. The molecule has 1 aromatic heterocycles. The van der Waals surface area contributed by atoms with Gasteiger partial charge in [0.1, 0.15) is 5.69 Å². The largest absolute Gasteiger partial charge is 0.350 e. The molecule has 0 aromatic carbocycles. The molecule has 0 saturated heterocycles. The summed E-state index contributed by atoms with van der Waals surface area (Å²) in [6, 6.07) is 3.77. The SMILES string of the molecule is CC(=O)c1ccc(CC(C)C)cn1.CC(C)[C@@H](C)C(=O)NC12CC3CC(CC(C3)C1)C2.CC(C)[C@@H](C)C(=O)NC12CCC(C)(CC1)CC2. The zero-order valence-corrected chi connectivity index (χ0v) is 32.2. The lowest BCUT2D eigenvalue weighted by atomic mass is 9.53. The van der Waals surface area contributed by atoms with Crippen molar-refractivity contribution in [1.82, 2.24) is 15.6 Å². The van der Waals surface area contributed by atoms with Gasteiger partial charge in [0.25, 0.3) is 0 Å². The molecule has 0 spiro atoms. The lowest BCUT2D eigenvalue weighted by molar-refractivity contribution is -0.131. The van der Waals surface area contributed by atoms with Gasteiger partial charge in [0.15, 0.2) is 5.78 Å². The third-order valence-electron chi connectivity index (χ3n) is 13.1. The second kappa shape index (κ2) is 15.8. The summed E-state index contributed by atoms with van der Waals surface area (Å²) < 4.78 is 0. The first-order chi connectivity index (χ1) is 22.4. The molecule has 6 nitrogen and oxygen atoms in total.